The van der Waals surface area contributed by atoms with Gasteiger partial charge in [0.2, 0.25) is 0 Å². The van der Waals surface area contributed by atoms with E-state index in [0.29, 0.717) is 6.61 Å². The van der Waals surface area contributed by atoms with Crippen molar-refractivity contribution in [3.8, 4) is 17.2 Å². The molecule has 1 atom stereocenters. The number of para-hydroxylation sites is 2. The number of hydrogen-bond acceptors (Lipinski definition) is 3. The summed E-state index contributed by atoms with van der Waals surface area (Å²) in [4.78, 5) is 0. The Kier molecular flexibility index (Phi) is 5.02. The molecule has 0 aliphatic carbocycles. The molecule has 0 spiro atoms. The van der Waals surface area contributed by atoms with E-state index in [2.05, 4.69) is 6.92 Å². The standard InChI is InChI=1S/C17H21NO2/c1-3-15(18)13-9-11-14(12-10-13)20-17-8-6-5-7-16(17)19-4-2/h5-12,15H,3-4,18H2,1-2H3/t15-/m1/s1. The lowest BCUT2D eigenvalue weighted by molar-refractivity contribution is 0.321. The third kappa shape index (κ3) is 3.52. The van der Waals surface area contributed by atoms with Crippen LogP contribution in [0.15, 0.2) is 48.5 Å². The molecular weight excluding hydrogens is 250 g/mol. The summed E-state index contributed by atoms with van der Waals surface area (Å²) in [5.74, 6) is 2.26. The lowest BCUT2D eigenvalue weighted by atomic mass is 10.1. The van der Waals surface area contributed by atoms with E-state index in [1.165, 1.54) is 0 Å². The van der Waals surface area contributed by atoms with Gasteiger partial charge in [-0.15, -0.1) is 0 Å². The van der Waals surface area contributed by atoms with Crippen molar-refractivity contribution in [2.24, 2.45) is 5.73 Å². The van der Waals surface area contributed by atoms with Crippen LogP contribution in [0.5, 0.6) is 17.2 Å². The Hall–Kier alpha value is -2.00. The Morgan fingerprint density at radius 1 is 0.950 bits per heavy atom. The van der Waals surface area contributed by atoms with E-state index >= 15 is 0 Å². The first kappa shape index (κ1) is 14.4. The average molecular weight is 271 g/mol. The lowest BCUT2D eigenvalue weighted by Gasteiger charge is -2.13. The number of nitrogens with two attached hydrogens (primary N) is 1. The zero-order valence-corrected chi connectivity index (χ0v) is 12.0. The minimum Gasteiger partial charge on any atom is -0.490 e. The molecule has 2 rings (SSSR count). The fourth-order valence-corrected chi connectivity index (χ4v) is 1.95. The van der Waals surface area contributed by atoms with E-state index in [-0.39, 0.29) is 6.04 Å². The highest BCUT2D eigenvalue weighted by Crippen LogP contribution is 2.31. The van der Waals surface area contributed by atoms with Crippen LogP contribution in [-0.4, -0.2) is 6.61 Å². The lowest BCUT2D eigenvalue weighted by Crippen LogP contribution is -2.08. The summed E-state index contributed by atoms with van der Waals surface area (Å²) in [6.07, 6.45) is 0.924. The van der Waals surface area contributed by atoms with Crippen LogP contribution < -0.4 is 15.2 Å². The highest BCUT2D eigenvalue weighted by Gasteiger charge is 2.06. The second-order valence-electron chi connectivity index (χ2n) is 4.57. The molecule has 2 aromatic carbocycles. The Labute approximate surface area is 120 Å². The van der Waals surface area contributed by atoms with Gasteiger partial charge in [0, 0.05) is 6.04 Å². The maximum atomic E-state index is 6.00. The summed E-state index contributed by atoms with van der Waals surface area (Å²) >= 11 is 0. The average Bonchev–Trinajstić information content (AvgIpc) is 2.49. The van der Waals surface area contributed by atoms with Crippen LogP contribution >= 0.6 is 0 Å². The van der Waals surface area contributed by atoms with E-state index < -0.39 is 0 Å². The number of ether oxygens (including phenoxy) is 2. The van der Waals surface area contributed by atoms with Crippen molar-refractivity contribution >= 4 is 0 Å². The molecular formula is C17H21NO2. The summed E-state index contributed by atoms with van der Waals surface area (Å²) in [5.41, 5.74) is 7.12. The summed E-state index contributed by atoms with van der Waals surface area (Å²) in [6, 6.07) is 15.6. The number of rotatable bonds is 6. The van der Waals surface area contributed by atoms with E-state index in [4.69, 9.17) is 15.2 Å². The van der Waals surface area contributed by atoms with Crippen LogP contribution in [0.25, 0.3) is 0 Å². The van der Waals surface area contributed by atoms with E-state index in [9.17, 15) is 0 Å². The molecule has 3 nitrogen and oxygen atoms in total. The van der Waals surface area contributed by atoms with Crippen molar-refractivity contribution in [3.63, 3.8) is 0 Å². The maximum absolute atomic E-state index is 6.00. The van der Waals surface area contributed by atoms with Crippen molar-refractivity contribution in [1.82, 2.24) is 0 Å². The van der Waals surface area contributed by atoms with Crippen molar-refractivity contribution in [1.29, 1.82) is 0 Å². The van der Waals surface area contributed by atoms with E-state index in [0.717, 1.165) is 29.2 Å². The zero-order chi connectivity index (χ0) is 14.4. The third-order valence-electron chi connectivity index (χ3n) is 3.12. The smallest absolute Gasteiger partial charge is 0.169 e. The first-order valence-electron chi connectivity index (χ1n) is 6.99. The van der Waals surface area contributed by atoms with Crippen LogP contribution in [0.2, 0.25) is 0 Å². The Morgan fingerprint density at radius 2 is 1.60 bits per heavy atom. The maximum Gasteiger partial charge on any atom is 0.169 e. The summed E-state index contributed by atoms with van der Waals surface area (Å²) in [6.45, 7) is 4.65. The van der Waals surface area contributed by atoms with Gasteiger partial charge in [-0.25, -0.2) is 0 Å². The molecule has 0 amide bonds. The molecule has 0 fully saturated rings. The minimum atomic E-state index is 0.0831. The quantitative estimate of drug-likeness (QED) is 0.852. The van der Waals surface area contributed by atoms with Crippen LogP contribution in [0.4, 0.5) is 0 Å². The molecule has 0 saturated carbocycles. The molecule has 20 heavy (non-hydrogen) atoms. The van der Waals surface area contributed by atoms with E-state index in [1.807, 2.05) is 55.5 Å². The number of benzene rings is 2. The zero-order valence-electron chi connectivity index (χ0n) is 12.0. The fourth-order valence-electron chi connectivity index (χ4n) is 1.95. The van der Waals surface area contributed by atoms with Gasteiger partial charge in [0.05, 0.1) is 6.61 Å². The summed E-state index contributed by atoms with van der Waals surface area (Å²) < 4.78 is 11.4. The van der Waals surface area contributed by atoms with Crippen LogP contribution in [-0.2, 0) is 0 Å². The normalized spacial score (nSPS) is 11.9. The fraction of sp³-hybridized carbons (Fsp3) is 0.294. The molecule has 106 valence electrons. The highest BCUT2D eigenvalue weighted by molar-refractivity contribution is 5.43. The molecule has 3 heteroatoms. The first-order valence-corrected chi connectivity index (χ1v) is 6.99. The predicted octanol–water partition coefficient (Wildman–Crippen LogP) is 4.29. The topological polar surface area (TPSA) is 44.5 Å². The number of hydrogen-bond donors (Lipinski definition) is 1. The molecule has 0 aromatic heterocycles. The molecule has 0 aliphatic heterocycles. The largest absolute Gasteiger partial charge is 0.490 e. The Morgan fingerprint density at radius 3 is 2.20 bits per heavy atom. The molecule has 0 saturated heterocycles. The monoisotopic (exact) mass is 271 g/mol. The molecule has 2 aromatic rings. The van der Waals surface area contributed by atoms with Crippen LogP contribution in [0, 0.1) is 0 Å². The van der Waals surface area contributed by atoms with Crippen molar-refractivity contribution in [3.05, 3.63) is 54.1 Å². The van der Waals surface area contributed by atoms with Gasteiger partial charge in [0.1, 0.15) is 5.75 Å². The van der Waals surface area contributed by atoms with Gasteiger partial charge < -0.3 is 15.2 Å². The molecule has 0 bridgehead atoms. The minimum absolute atomic E-state index is 0.0831. The molecule has 0 heterocycles. The second kappa shape index (κ2) is 6.96. The van der Waals surface area contributed by atoms with Gasteiger partial charge in [-0.1, -0.05) is 31.2 Å². The van der Waals surface area contributed by atoms with Crippen LogP contribution in [0.3, 0.4) is 0 Å². The second-order valence-corrected chi connectivity index (χ2v) is 4.57. The predicted molar refractivity (Wildman–Crippen MR) is 81.3 cm³/mol. The third-order valence-corrected chi connectivity index (χ3v) is 3.12. The van der Waals surface area contributed by atoms with Gasteiger partial charge in [-0.05, 0) is 43.2 Å². The molecule has 0 radical (unpaired) electrons. The van der Waals surface area contributed by atoms with Crippen molar-refractivity contribution in [2.45, 2.75) is 26.3 Å². The Balaban J connectivity index is 2.14. The van der Waals surface area contributed by atoms with Gasteiger partial charge in [0.15, 0.2) is 11.5 Å². The molecule has 0 aliphatic rings. The SMILES string of the molecule is CCOc1ccccc1Oc1ccc([C@H](N)CC)cc1. The van der Waals surface area contributed by atoms with Gasteiger partial charge >= 0.3 is 0 Å². The van der Waals surface area contributed by atoms with Gasteiger partial charge in [-0.3, -0.25) is 0 Å². The summed E-state index contributed by atoms with van der Waals surface area (Å²) in [5, 5.41) is 0. The van der Waals surface area contributed by atoms with Crippen molar-refractivity contribution in [2.75, 3.05) is 6.61 Å². The van der Waals surface area contributed by atoms with E-state index in [1.54, 1.807) is 0 Å². The van der Waals surface area contributed by atoms with Crippen molar-refractivity contribution < 1.29 is 9.47 Å². The molecule has 0 unspecified atom stereocenters. The van der Waals surface area contributed by atoms with Crippen LogP contribution in [0.1, 0.15) is 31.9 Å². The Bertz CT molecular complexity index is 537. The first-order chi connectivity index (χ1) is 9.74. The van der Waals surface area contributed by atoms with Gasteiger partial charge in [-0.2, -0.15) is 0 Å². The highest BCUT2D eigenvalue weighted by atomic mass is 16.5. The summed E-state index contributed by atoms with van der Waals surface area (Å²) in [7, 11) is 0. The molecule has 2 N–H and O–H groups in total. The van der Waals surface area contributed by atoms with Gasteiger partial charge in [0.25, 0.3) is 0 Å².